The maximum absolute atomic E-state index is 12.8. The second kappa shape index (κ2) is 8.95. The van der Waals surface area contributed by atoms with Gasteiger partial charge in [0, 0.05) is 18.0 Å². The van der Waals surface area contributed by atoms with Crippen LogP contribution in [0.25, 0.3) is 0 Å². The highest BCUT2D eigenvalue weighted by Crippen LogP contribution is 2.28. The second-order valence-corrected chi connectivity index (χ2v) is 7.91. The Morgan fingerprint density at radius 2 is 1.63 bits per heavy atom. The number of para-hydroxylation sites is 1. The van der Waals surface area contributed by atoms with E-state index < -0.39 is 0 Å². The molecule has 4 heteroatoms. The zero-order chi connectivity index (χ0) is 20.9. The summed E-state index contributed by atoms with van der Waals surface area (Å²) in [5.74, 6) is -0.226. The SMILES string of the molecule is Cc1ccc(C(NC(=O)CCC2Cc3ccccc3NC2=O)c2ccccc2)cc1. The van der Waals surface area contributed by atoms with Crippen LogP contribution in [0.2, 0.25) is 0 Å². The molecular weight excluding hydrogens is 372 g/mol. The number of hydrogen-bond donors (Lipinski definition) is 2. The van der Waals surface area contributed by atoms with Gasteiger partial charge in [0.2, 0.25) is 11.8 Å². The molecule has 0 fully saturated rings. The molecule has 0 spiro atoms. The molecule has 1 aliphatic heterocycles. The van der Waals surface area contributed by atoms with Crippen molar-refractivity contribution in [1.29, 1.82) is 0 Å². The summed E-state index contributed by atoms with van der Waals surface area (Å²) in [6.45, 7) is 2.05. The number of fused-ring (bicyclic) bond motifs is 1. The first-order chi connectivity index (χ1) is 14.6. The van der Waals surface area contributed by atoms with E-state index in [4.69, 9.17) is 0 Å². The monoisotopic (exact) mass is 398 g/mol. The van der Waals surface area contributed by atoms with Gasteiger partial charge in [-0.25, -0.2) is 0 Å². The van der Waals surface area contributed by atoms with E-state index in [1.165, 1.54) is 5.56 Å². The standard InChI is InChI=1S/C26H26N2O2/c1-18-11-13-20(14-12-18)25(19-7-3-2-4-8-19)28-24(29)16-15-22-17-21-9-5-6-10-23(21)27-26(22)30/h2-14,22,25H,15-17H2,1H3,(H,27,30)(H,28,29). The van der Waals surface area contributed by atoms with Gasteiger partial charge in [-0.1, -0.05) is 78.4 Å². The number of aryl methyl sites for hydroxylation is 1. The van der Waals surface area contributed by atoms with Gasteiger partial charge in [0.25, 0.3) is 0 Å². The van der Waals surface area contributed by atoms with Gasteiger partial charge in [-0.05, 0) is 42.5 Å². The summed E-state index contributed by atoms with van der Waals surface area (Å²) in [7, 11) is 0. The predicted molar refractivity (Wildman–Crippen MR) is 119 cm³/mol. The molecule has 152 valence electrons. The first kappa shape index (κ1) is 19.9. The molecule has 3 aromatic rings. The Balaban J connectivity index is 1.43. The van der Waals surface area contributed by atoms with Gasteiger partial charge >= 0.3 is 0 Å². The van der Waals surface area contributed by atoms with Crippen LogP contribution in [0.1, 0.15) is 41.1 Å². The van der Waals surface area contributed by atoms with E-state index in [9.17, 15) is 9.59 Å². The van der Waals surface area contributed by atoms with Gasteiger partial charge in [-0.3, -0.25) is 9.59 Å². The molecule has 0 saturated carbocycles. The number of amides is 2. The molecule has 1 aliphatic rings. The highest BCUT2D eigenvalue weighted by molar-refractivity contribution is 5.96. The Kier molecular flexibility index (Phi) is 5.94. The average molecular weight is 399 g/mol. The second-order valence-electron chi connectivity index (χ2n) is 7.91. The van der Waals surface area contributed by atoms with Crippen LogP contribution < -0.4 is 10.6 Å². The molecule has 4 rings (SSSR count). The number of carbonyl (C=O) groups excluding carboxylic acids is 2. The van der Waals surface area contributed by atoms with Crippen molar-refractivity contribution in [1.82, 2.24) is 5.32 Å². The minimum absolute atomic E-state index is 0.000330. The van der Waals surface area contributed by atoms with Crippen molar-refractivity contribution in [3.05, 3.63) is 101 Å². The summed E-state index contributed by atoms with van der Waals surface area (Å²) >= 11 is 0. The summed E-state index contributed by atoms with van der Waals surface area (Å²) in [6, 6.07) is 25.8. The zero-order valence-corrected chi connectivity index (χ0v) is 17.1. The van der Waals surface area contributed by atoms with Crippen LogP contribution in [0.4, 0.5) is 5.69 Å². The Morgan fingerprint density at radius 3 is 2.40 bits per heavy atom. The van der Waals surface area contributed by atoms with E-state index in [-0.39, 0.29) is 23.8 Å². The quantitative estimate of drug-likeness (QED) is 0.627. The molecule has 30 heavy (non-hydrogen) atoms. The lowest BCUT2D eigenvalue weighted by molar-refractivity contribution is -0.123. The van der Waals surface area contributed by atoms with Crippen LogP contribution >= 0.6 is 0 Å². The van der Waals surface area contributed by atoms with Gasteiger partial charge in [0.1, 0.15) is 0 Å². The van der Waals surface area contributed by atoms with Gasteiger partial charge in [-0.15, -0.1) is 0 Å². The third-order valence-electron chi connectivity index (χ3n) is 5.68. The van der Waals surface area contributed by atoms with E-state index in [2.05, 4.69) is 34.9 Å². The summed E-state index contributed by atoms with van der Waals surface area (Å²) in [5.41, 5.74) is 5.28. The van der Waals surface area contributed by atoms with E-state index in [0.29, 0.717) is 19.3 Å². The number of rotatable bonds is 6. The minimum Gasteiger partial charge on any atom is -0.345 e. The van der Waals surface area contributed by atoms with Gasteiger partial charge in [0.05, 0.1) is 6.04 Å². The molecule has 2 N–H and O–H groups in total. The third kappa shape index (κ3) is 4.60. The fourth-order valence-corrected chi connectivity index (χ4v) is 3.95. The normalized spacial score (nSPS) is 16.3. The van der Waals surface area contributed by atoms with Gasteiger partial charge in [0.15, 0.2) is 0 Å². The van der Waals surface area contributed by atoms with Crippen LogP contribution in [0.15, 0.2) is 78.9 Å². The molecule has 0 saturated heterocycles. The summed E-state index contributed by atoms with van der Waals surface area (Å²) in [5, 5.41) is 6.13. The Morgan fingerprint density at radius 1 is 0.967 bits per heavy atom. The van der Waals surface area contributed by atoms with Crippen LogP contribution in [0.5, 0.6) is 0 Å². The summed E-state index contributed by atoms with van der Waals surface area (Å²) in [4.78, 5) is 25.2. The van der Waals surface area contributed by atoms with Crippen molar-refractivity contribution in [3.8, 4) is 0 Å². The topological polar surface area (TPSA) is 58.2 Å². The lowest BCUT2D eigenvalue weighted by Crippen LogP contribution is -2.33. The molecule has 0 aromatic heterocycles. The molecular formula is C26H26N2O2. The Hall–Kier alpha value is -3.40. The van der Waals surface area contributed by atoms with Crippen molar-refractivity contribution in [2.24, 2.45) is 5.92 Å². The van der Waals surface area contributed by atoms with Crippen LogP contribution in [-0.2, 0) is 16.0 Å². The first-order valence-corrected chi connectivity index (χ1v) is 10.4. The van der Waals surface area contributed by atoms with Crippen molar-refractivity contribution < 1.29 is 9.59 Å². The molecule has 2 amide bonds. The van der Waals surface area contributed by atoms with Crippen molar-refractivity contribution in [2.75, 3.05) is 5.32 Å². The smallest absolute Gasteiger partial charge is 0.227 e. The highest BCUT2D eigenvalue weighted by atomic mass is 16.2. The molecule has 3 aromatic carbocycles. The number of hydrogen-bond acceptors (Lipinski definition) is 2. The van der Waals surface area contributed by atoms with E-state index in [0.717, 1.165) is 22.4 Å². The van der Waals surface area contributed by atoms with E-state index >= 15 is 0 Å². The molecule has 0 aliphatic carbocycles. The van der Waals surface area contributed by atoms with Crippen LogP contribution in [0.3, 0.4) is 0 Å². The average Bonchev–Trinajstić information content (AvgIpc) is 2.77. The molecule has 0 radical (unpaired) electrons. The van der Waals surface area contributed by atoms with Gasteiger partial charge < -0.3 is 10.6 Å². The number of benzene rings is 3. The van der Waals surface area contributed by atoms with Crippen molar-refractivity contribution in [3.63, 3.8) is 0 Å². The van der Waals surface area contributed by atoms with Crippen LogP contribution in [0, 0.1) is 12.8 Å². The lowest BCUT2D eigenvalue weighted by Gasteiger charge is -2.25. The number of nitrogens with one attached hydrogen (secondary N) is 2. The van der Waals surface area contributed by atoms with Gasteiger partial charge in [-0.2, -0.15) is 0 Å². The zero-order valence-electron chi connectivity index (χ0n) is 17.1. The lowest BCUT2D eigenvalue weighted by atomic mass is 9.89. The Labute approximate surface area is 177 Å². The molecule has 4 nitrogen and oxygen atoms in total. The van der Waals surface area contributed by atoms with E-state index in [1.54, 1.807) is 0 Å². The van der Waals surface area contributed by atoms with Crippen molar-refractivity contribution >= 4 is 17.5 Å². The van der Waals surface area contributed by atoms with Crippen LogP contribution in [-0.4, -0.2) is 11.8 Å². The molecule has 0 bridgehead atoms. The summed E-state index contributed by atoms with van der Waals surface area (Å²) < 4.78 is 0. The van der Waals surface area contributed by atoms with Crippen molar-refractivity contribution in [2.45, 2.75) is 32.2 Å². The predicted octanol–water partition coefficient (Wildman–Crippen LogP) is 4.79. The maximum Gasteiger partial charge on any atom is 0.227 e. The minimum atomic E-state index is -0.208. The fraction of sp³-hybridized carbons (Fsp3) is 0.231. The van der Waals surface area contributed by atoms with E-state index in [1.807, 2.05) is 61.5 Å². The molecule has 1 heterocycles. The highest BCUT2D eigenvalue weighted by Gasteiger charge is 2.26. The maximum atomic E-state index is 12.8. The molecule has 2 unspecified atom stereocenters. The number of anilines is 1. The number of carbonyl (C=O) groups is 2. The summed E-state index contributed by atoms with van der Waals surface area (Å²) in [6.07, 6.45) is 1.52. The molecule has 2 atom stereocenters. The fourth-order valence-electron chi connectivity index (χ4n) is 3.95. The Bertz CT molecular complexity index is 1030. The third-order valence-corrected chi connectivity index (χ3v) is 5.68. The first-order valence-electron chi connectivity index (χ1n) is 10.4. The largest absolute Gasteiger partial charge is 0.345 e.